The first-order chi connectivity index (χ1) is 15.3. The molecule has 6 heteroatoms. The number of fused-ring (bicyclic) bond motifs is 1. The number of nitrogens with zero attached hydrogens (tertiary/aromatic N) is 2. The molecule has 4 nitrogen and oxygen atoms in total. The Balaban J connectivity index is 0.00000306. The zero-order valence-corrected chi connectivity index (χ0v) is 23.1. The van der Waals surface area contributed by atoms with Gasteiger partial charge in [0.25, 0.3) is 5.82 Å². The fourth-order valence-electron chi connectivity index (χ4n) is 5.26. The Labute approximate surface area is 219 Å². The van der Waals surface area contributed by atoms with Crippen LogP contribution in [0.5, 0.6) is 0 Å². The zero-order valence-electron chi connectivity index (χ0n) is 20.1. The molecule has 178 valence electrons. The molecule has 1 aromatic heterocycles. The van der Waals surface area contributed by atoms with Crippen molar-refractivity contribution in [1.29, 1.82) is 0 Å². The smallest absolute Gasteiger partial charge is 0.348 e. The van der Waals surface area contributed by atoms with E-state index in [1.165, 1.54) is 6.42 Å². The summed E-state index contributed by atoms with van der Waals surface area (Å²) >= 11 is 6.28. The van der Waals surface area contributed by atoms with Crippen molar-refractivity contribution in [2.45, 2.75) is 59.6 Å². The second-order valence-corrected chi connectivity index (χ2v) is 10.2. The van der Waals surface area contributed by atoms with Gasteiger partial charge in [-0.2, -0.15) is 0 Å². The number of carbonyl (C=O) groups is 1. The van der Waals surface area contributed by atoms with Crippen LogP contribution < -0.4 is 28.5 Å². The Hall–Kier alpha value is -1.60. The number of aryl methyl sites for hydroxylation is 2. The largest absolute Gasteiger partial charge is 1.00 e. The Kier molecular flexibility index (Phi) is 8.49. The fourth-order valence-corrected chi connectivity index (χ4v) is 5.38. The van der Waals surface area contributed by atoms with E-state index in [1.54, 1.807) is 0 Å². The molecule has 33 heavy (non-hydrogen) atoms. The molecule has 0 saturated heterocycles. The molecule has 1 aliphatic rings. The third-order valence-electron chi connectivity index (χ3n) is 7.05. The summed E-state index contributed by atoms with van der Waals surface area (Å²) in [5.74, 6) is 2.35. The molecular formula is C27H34ClIN2O2. The van der Waals surface area contributed by atoms with Crippen LogP contribution in [0.15, 0.2) is 42.5 Å². The number of carbonyl (C=O) groups excluding carboxylic acids is 1. The molecule has 0 radical (unpaired) electrons. The van der Waals surface area contributed by atoms with Crippen LogP contribution in [-0.4, -0.2) is 16.6 Å². The van der Waals surface area contributed by atoms with Gasteiger partial charge in [0, 0.05) is 5.02 Å². The number of rotatable bonds is 5. The second-order valence-electron chi connectivity index (χ2n) is 9.78. The highest BCUT2D eigenvalue weighted by Crippen LogP contribution is 2.35. The molecule has 1 saturated carbocycles. The van der Waals surface area contributed by atoms with Gasteiger partial charge in [0.05, 0.1) is 12.6 Å². The van der Waals surface area contributed by atoms with Gasteiger partial charge < -0.3 is 28.7 Å². The molecule has 0 N–H and O–H groups in total. The highest BCUT2D eigenvalue weighted by molar-refractivity contribution is 6.31. The predicted octanol–water partition coefficient (Wildman–Crippen LogP) is 3.10. The Morgan fingerprint density at radius 3 is 2.64 bits per heavy atom. The van der Waals surface area contributed by atoms with Gasteiger partial charge >= 0.3 is 5.97 Å². The van der Waals surface area contributed by atoms with E-state index in [9.17, 15) is 4.79 Å². The van der Waals surface area contributed by atoms with E-state index in [4.69, 9.17) is 16.3 Å². The lowest BCUT2D eigenvalue weighted by molar-refractivity contribution is -0.634. The first-order valence-electron chi connectivity index (χ1n) is 11.7. The average molecular weight is 581 g/mol. The third-order valence-corrected chi connectivity index (χ3v) is 7.48. The quantitative estimate of drug-likeness (QED) is 0.264. The van der Waals surface area contributed by atoms with Crippen LogP contribution >= 0.6 is 11.6 Å². The van der Waals surface area contributed by atoms with Crippen LogP contribution in [0.1, 0.15) is 45.6 Å². The minimum atomic E-state index is -0.164. The van der Waals surface area contributed by atoms with Crippen molar-refractivity contribution in [2.24, 2.45) is 24.8 Å². The molecule has 0 unspecified atom stereocenters. The van der Waals surface area contributed by atoms with E-state index in [0.717, 1.165) is 45.8 Å². The molecule has 0 spiro atoms. The van der Waals surface area contributed by atoms with Gasteiger partial charge in [-0.1, -0.05) is 50.9 Å². The van der Waals surface area contributed by atoms with Crippen LogP contribution in [0, 0.1) is 24.7 Å². The van der Waals surface area contributed by atoms with Crippen molar-refractivity contribution in [3.8, 4) is 11.4 Å². The van der Waals surface area contributed by atoms with Crippen molar-refractivity contribution in [3.63, 3.8) is 0 Å². The van der Waals surface area contributed by atoms with Crippen LogP contribution in [-0.2, 0) is 23.1 Å². The number of benzene rings is 2. The first kappa shape index (κ1) is 26.0. The summed E-state index contributed by atoms with van der Waals surface area (Å²) in [6.45, 7) is 8.93. The van der Waals surface area contributed by atoms with Crippen molar-refractivity contribution in [1.82, 2.24) is 4.57 Å². The van der Waals surface area contributed by atoms with Gasteiger partial charge in [0.15, 0.2) is 17.6 Å². The SMILES string of the molecule is Cc1cc(-c2n(CC(=O)O[C@@H]3C[C@H](C)CC[C@H]3C(C)C)c3ccccc3[n+]2C)ccc1Cl.[I-]. The lowest BCUT2D eigenvalue weighted by Crippen LogP contribution is -3.00. The monoisotopic (exact) mass is 580 g/mol. The van der Waals surface area contributed by atoms with E-state index >= 15 is 0 Å². The van der Waals surface area contributed by atoms with Crippen molar-refractivity contribution >= 4 is 28.6 Å². The summed E-state index contributed by atoms with van der Waals surface area (Å²) in [5.41, 5.74) is 4.14. The number of halogens is 2. The summed E-state index contributed by atoms with van der Waals surface area (Å²) < 4.78 is 10.4. The van der Waals surface area contributed by atoms with Crippen LogP contribution in [0.25, 0.3) is 22.4 Å². The minimum Gasteiger partial charge on any atom is -1.00 e. The topological polar surface area (TPSA) is 35.1 Å². The van der Waals surface area contributed by atoms with Gasteiger partial charge in [-0.25, -0.2) is 13.9 Å². The lowest BCUT2D eigenvalue weighted by Gasteiger charge is -2.36. The molecule has 3 aromatic rings. The maximum atomic E-state index is 13.2. The number of ether oxygens (including phenoxy) is 1. The van der Waals surface area contributed by atoms with Gasteiger partial charge in [0.1, 0.15) is 6.10 Å². The summed E-state index contributed by atoms with van der Waals surface area (Å²) in [7, 11) is 2.04. The van der Waals surface area contributed by atoms with E-state index in [1.807, 2.05) is 38.2 Å². The molecule has 0 bridgehead atoms. The highest BCUT2D eigenvalue weighted by Gasteiger charge is 2.34. The summed E-state index contributed by atoms with van der Waals surface area (Å²) in [6.07, 6.45) is 3.31. The minimum absolute atomic E-state index is 0. The van der Waals surface area contributed by atoms with Crippen LogP contribution in [0.2, 0.25) is 5.02 Å². The molecule has 1 fully saturated rings. The number of hydrogen-bond donors (Lipinski definition) is 0. The Bertz CT molecular complexity index is 1140. The molecular weight excluding hydrogens is 547 g/mol. The molecule has 3 atom stereocenters. The third kappa shape index (κ3) is 5.40. The predicted molar refractivity (Wildman–Crippen MR) is 130 cm³/mol. The van der Waals surface area contributed by atoms with Crippen LogP contribution in [0.3, 0.4) is 0 Å². The van der Waals surface area contributed by atoms with E-state index < -0.39 is 0 Å². The first-order valence-corrected chi connectivity index (χ1v) is 12.1. The van der Waals surface area contributed by atoms with Gasteiger partial charge in [-0.15, -0.1) is 0 Å². The van der Waals surface area contributed by atoms with E-state index in [0.29, 0.717) is 17.8 Å². The lowest BCUT2D eigenvalue weighted by atomic mass is 9.75. The maximum Gasteiger partial charge on any atom is 0.348 e. The molecule has 0 amide bonds. The van der Waals surface area contributed by atoms with Crippen LogP contribution in [0.4, 0.5) is 0 Å². The number of hydrogen-bond acceptors (Lipinski definition) is 2. The number of esters is 1. The molecule has 1 aliphatic carbocycles. The van der Waals surface area contributed by atoms with Crippen molar-refractivity contribution in [3.05, 3.63) is 53.1 Å². The number of aromatic nitrogens is 2. The summed E-state index contributed by atoms with van der Waals surface area (Å²) in [4.78, 5) is 13.2. The fraction of sp³-hybridized carbons (Fsp3) is 0.481. The maximum absolute atomic E-state index is 13.2. The Morgan fingerprint density at radius 2 is 1.94 bits per heavy atom. The Morgan fingerprint density at radius 1 is 1.21 bits per heavy atom. The second kappa shape index (κ2) is 10.8. The average Bonchev–Trinajstić information content (AvgIpc) is 3.02. The van der Waals surface area contributed by atoms with Gasteiger partial charge in [-0.05, 0) is 73.4 Å². The standard InChI is InChI=1S/C27H34ClN2O2.HI/c1-17(2)21-12-10-18(3)14-25(21)32-26(31)16-30-24-9-7-6-8-23(24)29(5)27(30)20-11-13-22(28)19(4)15-20;/h6-9,11,13,15,17-18,21,25H,10,12,14,16H2,1-5H3;1H/q+1;/p-1/t18-,21+,25-;/m1./s1. The van der Waals surface area contributed by atoms with Gasteiger partial charge in [0.2, 0.25) is 0 Å². The van der Waals surface area contributed by atoms with E-state index in [2.05, 4.69) is 48.1 Å². The molecule has 1 heterocycles. The normalized spacial score (nSPS) is 20.6. The summed E-state index contributed by atoms with van der Waals surface area (Å²) in [6, 6.07) is 14.2. The van der Waals surface area contributed by atoms with E-state index in [-0.39, 0.29) is 42.6 Å². The van der Waals surface area contributed by atoms with Crippen molar-refractivity contribution < 1.29 is 38.1 Å². The molecule has 2 aromatic carbocycles. The van der Waals surface area contributed by atoms with Gasteiger partial charge in [-0.3, -0.25) is 0 Å². The van der Waals surface area contributed by atoms with Crippen molar-refractivity contribution in [2.75, 3.05) is 0 Å². The highest BCUT2D eigenvalue weighted by atomic mass is 127. The molecule has 4 rings (SSSR count). The zero-order chi connectivity index (χ0) is 23.0. The number of imidazole rings is 1. The number of para-hydroxylation sites is 2. The summed E-state index contributed by atoms with van der Waals surface area (Å²) in [5, 5.41) is 0.740. The molecule has 0 aliphatic heterocycles.